The number of carbonyl (C=O) groups is 2. The molecule has 0 spiro atoms. The zero-order valence-electron chi connectivity index (χ0n) is 15.3. The van der Waals surface area contributed by atoms with Crippen LogP contribution < -0.4 is 4.74 Å². The fraction of sp³-hybridized carbons (Fsp3) is 0.600. The molecule has 0 radical (unpaired) electrons. The number of carbonyl (C=O) groups excluding carboxylic acids is 2. The fourth-order valence-corrected chi connectivity index (χ4v) is 4.22. The van der Waals surface area contributed by atoms with Crippen LogP contribution in [0.3, 0.4) is 0 Å². The minimum atomic E-state index is -0.225. The summed E-state index contributed by atoms with van der Waals surface area (Å²) in [4.78, 5) is 25.4. The van der Waals surface area contributed by atoms with E-state index in [-0.39, 0.29) is 22.8 Å². The molecular formula is C20H27NO4. The average Bonchev–Trinajstić information content (AvgIpc) is 2.90. The average molecular weight is 345 g/mol. The number of hydrogen-bond donors (Lipinski definition) is 0. The van der Waals surface area contributed by atoms with Crippen LogP contribution in [-0.4, -0.2) is 42.6 Å². The molecule has 5 heteroatoms. The first kappa shape index (κ1) is 17.9. The molecule has 0 N–H and O–H groups in total. The topological polar surface area (TPSA) is 55.8 Å². The molecule has 0 aliphatic carbocycles. The molecule has 2 heterocycles. The smallest absolute Gasteiger partial charge is 0.229 e. The second-order valence-electron chi connectivity index (χ2n) is 7.73. The molecule has 2 aliphatic rings. The first-order valence-corrected chi connectivity index (χ1v) is 8.97. The van der Waals surface area contributed by atoms with E-state index in [4.69, 9.17) is 9.47 Å². The van der Waals surface area contributed by atoms with Gasteiger partial charge in [0.05, 0.1) is 12.7 Å². The summed E-state index contributed by atoms with van der Waals surface area (Å²) < 4.78 is 11.2. The van der Waals surface area contributed by atoms with Crippen molar-refractivity contribution in [2.24, 2.45) is 0 Å². The number of amides is 2. The van der Waals surface area contributed by atoms with E-state index in [2.05, 4.69) is 26.0 Å². The van der Waals surface area contributed by atoms with Gasteiger partial charge in [-0.1, -0.05) is 12.1 Å². The number of benzene rings is 1. The van der Waals surface area contributed by atoms with E-state index in [1.165, 1.54) is 10.5 Å². The van der Waals surface area contributed by atoms with Gasteiger partial charge in [-0.3, -0.25) is 14.5 Å². The fourth-order valence-electron chi connectivity index (χ4n) is 4.22. The van der Waals surface area contributed by atoms with Gasteiger partial charge >= 0.3 is 0 Å². The van der Waals surface area contributed by atoms with E-state index in [0.29, 0.717) is 26.0 Å². The highest BCUT2D eigenvalue weighted by molar-refractivity contribution is 6.01. The summed E-state index contributed by atoms with van der Waals surface area (Å²) >= 11 is 0. The van der Waals surface area contributed by atoms with Crippen molar-refractivity contribution in [3.63, 3.8) is 0 Å². The second kappa shape index (κ2) is 6.79. The number of hydrogen-bond acceptors (Lipinski definition) is 4. The molecule has 2 aliphatic heterocycles. The van der Waals surface area contributed by atoms with Crippen LogP contribution >= 0.6 is 0 Å². The Balaban J connectivity index is 1.86. The standard InChI is InChI=1S/C20H27NO4/c1-19(2)14-20(11-13-25-19,15-4-6-16(24-3)7-5-15)10-12-21-17(22)8-9-18(21)23/h4-7H,8-14H2,1-3H3/t20-/m1/s1. The highest BCUT2D eigenvalue weighted by Crippen LogP contribution is 2.44. The zero-order chi connectivity index (χ0) is 18.1. The number of imide groups is 1. The Bertz CT molecular complexity index is 636. The van der Waals surface area contributed by atoms with Crippen molar-refractivity contribution < 1.29 is 19.1 Å². The van der Waals surface area contributed by atoms with Gasteiger partial charge in [0.2, 0.25) is 11.8 Å². The van der Waals surface area contributed by atoms with Crippen LogP contribution in [0.1, 0.15) is 51.5 Å². The minimum Gasteiger partial charge on any atom is -0.497 e. The van der Waals surface area contributed by atoms with Gasteiger partial charge in [0.1, 0.15) is 5.75 Å². The third-order valence-electron chi connectivity index (χ3n) is 5.51. The van der Waals surface area contributed by atoms with Gasteiger partial charge in [-0.05, 0) is 50.8 Å². The van der Waals surface area contributed by atoms with E-state index >= 15 is 0 Å². The third kappa shape index (κ3) is 3.71. The van der Waals surface area contributed by atoms with Gasteiger partial charge in [0.15, 0.2) is 0 Å². The lowest BCUT2D eigenvalue weighted by atomic mass is 9.67. The molecule has 0 aromatic heterocycles. The molecule has 0 unspecified atom stereocenters. The van der Waals surface area contributed by atoms with Gasteiger partial charge in [0.25, 0.3) is 0 Å². The first-order valence-electron chi connectivity index (χ1n) is 8.97. The Hall–Kier alpha value is -1.88. The van der Waals surface area contributed by atoms with Crippen LogP contribution in [-0.2, 0) is 19.7 Å². The number of rotatable bonds is 5. The maximum Gasteiger partial charge on any atom is 0.229 e. The molecule has 1 aromatic carbocycles. The normalized spacial score (nSPS) is 26.1. The van der Waals surface area contributed by atoms with Gasteiger partial charge in [0, 0.05) is 31.4 Å². The number of methoxy groups -OCH3 is 1. The van der Waals surface area contributed by atoms with Crippen LogP contribution in [0.4, 0.5) is 0 Å². The van der Waals surface area contributed by atoms with Crippen molar-refractivity contribution in [2.75, 3.05) is 20.3 Å². The van der Waals surface area contributed by atoms with Crippen LogP contribution in [0.2, 0.25) is 0 Å². The minimum absolute atomic E-state index is 0.0406. The molecule has 5 nitrogen and oxygen atoms in total. The maximum atomic E-state index is 12.0. The van der Waals surface area contributed by atoms with E-state index in [1.54, 1.807) is 7.11 Å². The maximum absolute atomic E-state index is 12.0. The van der Waals surface area contributed by atoms with Crippen molar-refractivity contribution in [3.05, 3.63) is 29.8 Å². The summed E-state index contributed by atoms with van der Waals surface area (Å²) in [5, 5.41) is 0. The van der Waals surface area contributed by atoms with Crippen molar-refractivity contribution in [1.29, 1.82) is 0 Å². The van der Waals surface area contributed by atoms with Crippen LogP contribution in [0.25, 0.3) is 0 Å². The molecule has 0 saturated carbocycles. The van der Waals surface area contributed by atoms with E-state index in [0.717, 1.165) is 25.0 Å². The molecule has 3 rings (SSSR count). The summed E-state index contributed by atoms with van der Waals surface area (Å²) in [6.07, 6.45) is 3.22. The molecule has 1 aromatic rings. The Morgan fingerprint density at radius 2 is 1.76 bits per heavy atom. The number of nitrogens with zero attached hydrogens (tertiary/aromatic N) is 1. The second-order valence-corrected chi connectivity index (χ2v) is 7.73. The van der Waals surface area contributed by atoms with Gasteiger partial charge < -0.3 is 9.47 Å². The highest BCUT2D eigenvalue weighted by atomic mass is 16.5. The third-order valence-corrected chi connectivity index (χ3v) is 5.51. The van der Waals surface area contributed by atoms with Crippen LogP contribution in [0, 0.1) is 0 Å². The molecule has 1 atom stereocenters. The van der Waals surface area contributed by atoms with Crippen molar-refractivity contribution >= 4 is 11.8 Å². The Morgan fingerprint density at radius 1 is 1.12 bits per heavy atom. The lowest BCUT2D eigenvalue weighted by Crippen LogP contribution is -2.46. The SMILES string of the molecule is COc1ccc([C@]2(CCN3C(=O)CCC3=O)CCOC(C)(C)C2)cc1. The Morgan fingerprint density at radius 3 is 2.32 bits per heavy atom. The predicted molar refractivity (Wildman–Crippen MR) is 94.5 cm³/mol. The molecule has 2 fully saturated rings. The molecule has 2 amide bonds. The first-order chi connectivity index (χ1) is 11.9. The Kier molecular flexibility index (Phi) is 4.87. The van der Waals surface area contributed by atoms with Crippen molar-refractivity contribution in [3.8, 4) is 5.75 Å². The quantitative estimate of drug-likeness (QED) is 0.770. The molecular weight excluding hydrogens is 318 g/mol. The van der Waals surface area contributed by atoms with E-state index in [9.17, 15) is 9.59 Å². The largest absolute Gasteiger partial charge is 0.497 e. The summed E-state index contributed by atoms with van der Waals surface area (Å²) in [5.41, 5.74) is 0.901. The molecule has 136 valence electrons. The monoisotopic (exact) mass is 345 g/mol. The van der Waals surface area contributed by atoms with Crippen LogP contribution in [0.5, 0.6) is 5.75 Å². The predicted octanol–water partition coefficient (Wildman–Crippen LogP) is 3.06. The zero-order valence-corrected chi connectivity index (χ0v) is 15.3. The van der Waals surface area contributed by atoms with Crippen molar-refractivity contribution in [1.82, 2.24) is 4.90 Å². The van der Waals surface area contributed by atoms with Gasteiger partial charge in [-0.2, -0.15) is 0 Å². The lowest BCUT2D eigenvalue weighted by Gasteiger charge is -2.46. The van der Waals surface area contributed by atoms with E-state index < -0.39 is 0 Å². The Labute approximate surface area is 149 Å². The van der Waals surface area contributed by atoms with Gasteiger partial charge in [-0.25, -0.2) is 0 Å². The lowest BCUT2D eigenvalue weighted by molar-refractivity contribution is -0.139. The summed E-state index contributed by atoms with van der Waals surface area (Å²) in [6, 6.07) is 8.17. The summed E-state index contributed by atoms with van der Waals surface area (Å²) in [5.74, 6) is 0.748. The molecule has 0 bridgehead atoms. The van der Waals surface area contributed by atoms with E-state index in [1.807, 2.05) is 12.1 Å². The number of ether oxygens (including phenoxy) is 2. The summed E-state index contributed by atoms with van der Waals surface area (Å²) in [7, 11) is 1.66. The molecule has 2 saturated heterocycles. The highest BCUT2D eigenvalue weighted by Gasteiger charge is 2.43. The number of likely N-dealkylation sites (tertiary alicyclic amines) is 1. The summed E-state index contributed by atoms with van der Waals surface area (Å²) in [6.45, 7) is 5.38. The van der Waals surface area contributed by atoms with Crippen molar-refractivity contribution in [2.45, 2.75) is 57.0 Å². The van der Waals surface area contributed by atoms with Crippen LogP contribution in [0.15, 0.2) is 24.3 Å². The molecule has 25 heavy (non-hydrogen) atoms. The van der Waals surface area contributed by atoms with Gasteiger partial charge in [-0.15, -0.1) is 0 Å².